The van der Waals surface area contributed by atoms with Crippen LogP contribution in [0.2, 0.25) is 25.7 Å². The van der Waals surface area contributed by atoms with Crippen LogP contribution < -0.4 is 0 Å². The van der Waals surface area contributed by atoms with Gasteiger partial charge in [0.1, 0.15) is 0 Å². The fourth-order valence-corrected chi connectivity index (χ4v) is 2.14. The van der Waals surface area contributed by atoms with Crippen molar-refractivity contribution in [3.05, 3.63) is 0 Å². The number of halogens is 1. The van der Waals surface area contributed by atoms with E-state index in [9.17, 15) is 9.59 Å². The van der Waals surface area contributed by atoms with Gasteiger partial charge in [0.2, 0.25) is 5.24 Å². The maximum atomic E-state index is 11.4. The van der Waals surface area contributed by atoms with Crippen molar-refractivity contribution in [1.82, 2.24) is 0 Å². The minimum absolute atomic E-state index is 0.0376. The topological polar surface area (TPSA) is 43.4 Å². The van der Waals surface area contributed by atoms with Gasteiger partial charge in [-0.25, -0.2) is 0 Å². The van der Waals surface area contributed by atoms with Crippen LogP contribution >= 0.6 is 11.6 Å². The van der Waals surface area contributed by atoms with Crippen molar-refractivity contribution in [3.8, 4) is 0 Å². The molecule has 0 unspecified atom stereocenters. The number of carbonyl (C=O) groups excluding carboxylic acids is 2. The Balaban J connectivity index is 3.70. The van der Waals surface area contributed by atoms with Crippen molar-refractivity contribution >= 4 is 30.9 Å². The summed E-state index contributed by atoms with van der Waals surface area (Å²) in [5.41, 5.74) is 0. The van der Waals surface area contributed by atoms with Gasteiger partial charge in [-0.1, -0.05) is 26.6 Å². The summed E-state index contributed by atoms with van der Waals surface area (Å²) >= 11 is 5.23. The first-order valence-electron chi connectivity index (χ1n) is 5.54. The molecule has 1 atom stereocenters. The molecule has 0 spiro atoms. The van der Waals surface area contributed by atoms with Crippen LogP contribution in [0.5, 0.6) is 0 Å². The molecule has 0 bridgehead atoms. The molecule has 16 heavy (non-hydrogen) atoms. The summed E-state index contributed by atoms with van der Waals surface area (Å²) < 4.78 is 5.11. The van der Waals surface area contributed by atoms with Crippen LogP contribution in [0.1, 0.15) is 19.8 Å². The molecule has 0 N–H and O–H groups in total. The Bertz CT molecular complexity index is 248. The van der Waals surface area contributed by atoms with Crippen molar-refractivity contribution < 1.29 is 14.3 Å². The summed E-state index contributed by atoms with van der Waals surface area (Å²) in [6.07, 6.45) is 0.495. The van der Waals surface area contributed by atoms with Gasteiger partial charge in [-0.15, -0.1) is 0 Å². The first-order chi connectivity index (χ1) is 7.20. The molecule has 0 saturated carbocycles. The lowest BCUT2D eigenvalue weighted by Crippen LogP contribution is -2.23. The molecule has 0 heterocycles. The highest BCUT2D eigenvalue weighted by molar-refractivity contribution is 6.76. The molecule has 0 aliphatic rings. The van der Waals surface area contributed by atoms with Crippen molar-refractivity contribution in [2.24, 2.45) is 5.92 Å². The molecule has 0 aliphatic heterocycles. The minimum atomic E-state index is -1.14. The van der Waals surface area contributed by atoms with Crippen LogP contribution in [0.15, 0.2) is 0 Å². The van der Waals surface area contributed by atoms with E-state index < -0.39 is 13.3 Å². The number of esters is 1. The Morgan fingerprint density at radius 1 is 1.25 bits per heavy atom. The third-order valence-electron chi connectivity index (χ3n) is 2.14. The summed E-state index contributed by atoms with van der Waals surface area (Å²) in [6, 6.07) is 0.974. The SMILES string of the molecule is C[C@@H](CC(=O)Cl)CC(=O)OCC[Si](C)(C)C. The van der Waals surface area contributed by atoms with Crippen molar-refractivity contribution in [2.75, 3.05) is 6.61 Å². The fraction of sp³-hybridized carbons (Fsp3) is 0.818. The highest BCUT2D eigenvalue weighted by atomic mass is 35.5. The molecule has 0 amide bonds. The lowest BCUT2D eigenvalue weighted by molar-refractivity contribution is -0.144. The lowest BCUT2D eigenvalue weighted by Gasteiger charge is -2.15. The molecule has 0 radical (unpaired) electrons. The van der Waals surface area contributed by atoms with Gasteiger partial charge in [0.05, 0.1) is 6.61 Å². The van der Waals surface area contributed by atoms with Crippen LogP contribution in [-0.2, 0) is 14.3 Å². The second-order valence-corrected chi connectivity index (χ2v) is 11.4. The average Bonchev–Trinajstić information content (AvgIpc) is 1.98. The molecule has 0 aromatic carbocycles. The summed E-state index contributed by atoms with van der Waals surface area (Å²) in [4.78, 5) is 22.0. The largest absolute Gasteiger partial charge is 0.466 e. The predicted molar refractivity (Wildman–Crippen MR) is 68.4 cm³/mol. The van der Waals surface area contributed by atoms with Gasteiger partial charge in [-0.05, 0) is 23.6 Å². The lowest BCUT2D eigenvalue weighted by atomic mass is 10.1. The van der Waals surface area contributed by atoms with E-state index in [4.69, 9.17) is 16.3 Å². The maximum absolute atomic E-state index is 11.4. The van der Waals surface area contributed by atoms with Crippen molar-refractivity contribution in [3.63, 3.8) is 0 Å². The molecule has 0 aliphatic carbocycles. The molecule has 0 rings (SSSR count). The molecular formula is C11H21ClO3Si. The second-order valence-electron chi connectivity index (χ2n) is 5.40. The van der Waals surface area contributed by atoms with Crippen LogP contribution in [0, 0.1) is 5.92 Å². The van der Waals surface area contributed by atoms with Crippen LogP contribution in [0.3, 0.4) is 0 Å². The highest BCUT2D eigenvalue weighted by Gasteiger charge is 2.16. The van der Waals surface area contributed by atoms with Gasteiger partial charge in [-0.3, -0.25) is 9.59 Å². The second kappa shape index (κ2) is 7.07. The summed E-state index contributed by atoms with van der Waals surface area (Å²) in [6.45, 7) is 9.01. The fourth-order valence-electron chi connectivity index (χ4n) is 1.16. The van der Waals surface area contributed by atoms with E-state index in [1.54, 1.807) is 0 Å². The zero-order valence-electron chi connectivity index (χ0n) is 10.5. The van der Waals surface area contributed by atoms with Gasteiger partial charge in [0.15, 0.2) is 0 Å². The van der Waals surface area contributed by atoms with Crippen LogP contribution in [0.25, 0.3) is 0 Å². The Kier molecular flexibility index (Phi) is 6.91. The Morgan fingerprint density at radius 2 is 1.81 bits per heavy atom. The molecule has 0 fully saturated rings. The third-order valence-corrected chi connectivity index (χ3v) is 4.00. The van der Waals surface area contributed by atoms with Gasteiger partial charge < -0.3 is 4.74 Å². The number of rotatable bonds is 7. The van der Waals surface area contributed by atoms with Crippen molar-refractivity contribution in [1.29, 1.82) is 0 Å². The number of carbonyl (C=O) groups is 2. The van der Waals surface area contributed by atoms with E-state index >= 15 is 0 Å². The predicted octanol–water partition coefficient (Wildman–Crippen LogP) is 3.05. The van der Waals surface area contributed by atoms with Gasteiger partial charge in [0.25, 0.3) is 0 Å². The monoisotopic (exact) mass is 264 g/mol. The molecule has 0 saturated heterocycles. The molecule has 5 heteroatoms. The molecule has 3 nitrogen and oxygen atoms in total. The number of hydrogen-bond donors (Lipinski definition) is 0. The van der Waals surface area contributed by atoms with Gasteiger partial charge in [-0.2, -0.15) is 0 Å². The summed E-state index contributed by atoms with van der Waals surface area (Å²) in [5, 5.41) is -0.401. The van der Waals surface area contributed by atoms with E-state index in [-0.39, 0.29) is 24.7 Å². The van der Waals surface area contributed by atoms with E-state index in [0.717, 1.165) is 6.04 Å². The Morgan fingerprint density at radius 3 is 2.25 bits per heavy atom. The van der Waals surface area contributed by atoms with E-state index in [1.807, 2.05) is 6.92 Å². The highest BCUT2D eigenvalue weighted by Crippen LogP contribution is 2.12. The minimum Gasteiger partial charge on any atom is -0.466 e. The van der Waals surface area contributed by atoms with Gasteiger partial charge in [0, 0.05) is 20.9 Å². The summed E-state index contributed by atoms with van der Waals surface area (Å²) in [7, 11) is -1.14. The quantitative estimate of drug-likeness (QED) is 0.403. The zero-order valence-corrected chi connectivity index (χ0v) is 12.3. The third kappa shape index (κ3) is 10.2. The van der Waals surface area contributed by atoms with Crippen LogP contribution in [0.4, 0.5) is 0 Å². The molecular weight excluding hydrogens is 244 g/mol. The normalized spacial score (nSPS) is 13.3. The smallest absolute Gasteiger partial charge is 0.306 e. The maximum Gasteiger partial charge on any atom is 0.306 e. The standard InChI is InChI=1S/C11H21ClO3Si/c1-9(7-10(12)13)8-11(14)15-5-6-16(2,3)4/h9H,5-8H2,1-4H3/t9-/m0/s1. The Hall–Kier alpha value is -0.353. The molecule has 0 aromatic heterocycles. The first-order valence-corrected chi connectivity index (χ1v) is 9.63. The van der Waals surface area contributed by atoms with E-state index in [2.05, 4.69) is 19.6 Å². The Labute approximate surface area is 104 Å². The van der Waals surface area contributed by atoms with Crippen molar-refractivity contribution in [2.45, 2.75) is 45.5 Å². The summed E-state index contributed by atoms with van der Waals surface area (Å²) in [5.74, 6) is -0.270. The average molecular weight is 265 g/mol. The van der Waals surface area contributed by atoms with E-state index in [0.29, 0.717) is 6.61 Å². The molecule has 0 aromatic rings. The first kappa shape index (κ1) is 15.6. The van der Waals surface area contributed by atoms with E-state index in [1.165, 1.54) is 0 Å². The van der Waals surface area contributed by atoms with Gasteiger partial charge >= 0.3 is 5.97 Å². The number of hydrogen-bond acceptors (Lipinski definition) is 3. The van der Waals surface area contributed by atoms with Crippen LogP contribution in [-0.4, -0.2) is 25.9 Å². The number of ether oxygens (including phenoxy) is 1. The zero-order chi connectivity index (χ0) is 12.8. The molecule has 94 valence electrons.